The van der Waals surface area contributed by atoms with Gasteiger partial charge >= 0.3 is 11.9 Å². The molecule has 1 heterocycles. The van der Waals surface area contributed by atoms with Crippen LogP contribution in [-0.2, 0) is 16.0 Å². The number of carboxylic acid groups (broad SMARTS) is 2. The van der Waals surface area contributed by atoms with E-state index in [-0.39, 0.29) is 30.4 Å². The number of hydrogen-bond acceptors (Lipinski definition) is 4. The van der Waals surface area contributed by atoms with Gasteiger partial charge in [-0.2, -0.15) is 0 Å². The average Bonchev–Trinajstić information content (AvgIpc) is 2.77. The molecule has 7 heteroatoms. The lowest BCUT2D eigenvalue weighted by Gasteiger charge is -2.07. The Balaban J connectivity index is 2.34. The summed E-state index contributed by atoms with van der Waals surface area (Å²) >= 11 is 0. The number of rotatable bonds is 7. The molecule has 0 saturated heterocycles. The van der Waals surface area contributed by atoms with Crippen LogP contribution >= 0.6 is 0 Å². The summed E-state index contributed by atoms with van der Waals surface area (Å²) in [6, 6.07) is 2.69. The second-order valence-electron chi connectivity index (χ2n) is 4.13. The van der Waals surface area contributed by atoms with Gasteiger partial charge in [0.2, 0.25) is 11.7 Å². The highest BCUT2D eigenvalue weighted by molar-refractivity contribution is 5.84. The Morgan fingerprint density at radius 3 is 2.53 bits per heavy atom. The van der Waals surface area contributed by atoms with Gasteiger partial charge < -0.3 is 19.9 Å². The topological polar surface area (TPSA) is 117 Å². The Labute approximate surface area is 109 Å². The van der Waals surface area contributed by atoms with Crippen LogP contribution in [0.3, 0.4) is 0 Å². The summed E-state index contributed by atoms with van der Waals surface area (Å²) in [6.07, 6.45) is 0.258. The van der Waals surface area contributed by atoms with Gasteiger partial charge in [0.05, 0.1) is 12.3 Å². The summed E-state index contributed by atoms with van der Waals surface area (Å²) in [7, 11) is 0. The molecule has 1 aromatic rings. The summed E-state index contributed by atoms with van der Waals surface area (Å²) < 4.78 is 4.93. The molecule has 0 bridgehead atoms. The van der Waals surface area contributed by atoms with E-state index in [1.54, 1.807) is 6.92 Å². The van der Waals surface area contributed by atoms with Crippen molar-refractivity contribution in [1.82, 2.24) is 5.32 Å². The number of carboxylic acids is 2. The van der Waals surface area contributed by atoms with Gasteiger partial charge in [0.15, 0.2) is 0 Å². The molecule has 3 N–H and O–H groups in total. The summed E-state index contributed by atoms with van der Waals surface area (Å²) in [5.74, 6) is -2.94. The average molecular weight is 269 g/mol. The molecule has 1 rings (SSSR count). The molecule has 1 atom stereocenters. The van der Waals surface area contributed by atoms with Crippen molar-refractivity contribution in [1.29, 1.82) is 0 Å². The molecule has 0 unspecified atom stereocenters. The normalized spacial score (nSPS) is 11.8. The zero-order valence-corrected chi connectivity index (χ0v) is 10.4. The van der Waals surface area contributed by atoms with E-state index in [0.717, 1.165) is 0 Å². The predicted molar refractivity (Wildman–Crippen MR) is 63.8 cm³/mol. The molecule has 0 aliphatic carbocycles. The van der Waals surface area contributed by atoms with Crippen molar-refractivity contribution >= 4 is 17.8 Å². The van der Waals surface area contributed by atoms with Crippen LogP contribution in [0.5, 0.6) is 0 Å². The van der Waals surface area contributed by atoms with Crippen molar-refractivity contribution in [2.24, 2.45) is 5.92 Å². The van der Waals surface area contributed by atoms with Gasteiger partial charge in [0.25, 0.3) is 0 Å². The van der Waals surface area contributed by atoms with Crippen molar-refractivity contribution in [3.8, 4) is 0 Å². The summed E-state index contributed by atoms with van der Waals surface area (Å²) in [5, 5.41) is 19.8. The first-order valence-corrected chi connectivity index (χ1v) is 5.71. The number of aromatic carboxylic acids is 1. The number of nitrogens with one attached hydrogen (secondary N) is 1. The Morgan fingerprint density at radius 2 is 2.00 bits per heavy atom. The second-order valence-corrected chi connectivity index (χ2v) is 4.13. The molecule has 1 aromatic heterocycles. The Kier molecular flexibility index (Phi) is 5.11. The van der Waals surface area contributed by atoms with Gasteiger partial charge in [-0.3, -0.25) is 9.59 Å². The van der Waals surface area contributed by atoms with Crippen molar-refractivity contribution in [2.75, 3.05) is 6.54 Å². The van der Waals surface area contributed by atoms with Crippen LogP contribution in [0, 0.1) is 5.92 Å². The lowest BCUT2D eigenvalue weighted by Crippen LogP contribution is -2.28. The van der Waals surface area contributed by atoms with Crippen LogP contribution in [0.15, 0.2) is 16.5 Å². The maximum atomic E-state index is 11.5. The lowest BCUT2D eigenvalue weighted by atomic mass is 10.1. The van der Waals surface area contributed by atoms with Crippen LogP contribution in [0.1, 0.15) is 29.7 Å². The first-order valence-electron chi connectivity index (χ1n) is 5.71. The first-order chi connectivity index (χ1) is 8.90. The summed E-state index contributed by atoms with van der Waals surface area (Å²) in [6.45, 7) is 1.80. The zero-order chi connectivity index (χ0) is 14.4. The molecule has 0 aliphatic heterocycles. The highest BCUT2D eigenvalue weighted by atomic mass is 16.4. The van der Waals surface area contributed by atoms with Gasteiger partial charge in [-0.1, -0.05) is 6.92 Å². The quantitative estimate of drug-likeness (QED) is 0.672. The van der Waals surface area contributed by atoms with E-state index in [1.807, 2.05) is 0 Å². The minimum Gasteiger partial charge on any atom is -0.481 e. The van der Waals surface area contributed by atoms with Crippen molar-refractivity contribution in [3.05, 3.63) is 23.7 Å². The minimum absolute atomic E-state index is 0.0747. The molecule has 7 nitrogen and oxygen atoms in total. The van der Waals surface area contributed by atoms with E-state index >= 15 is 0 Å². The smallest absolute Gasteiger partial charge is 0.371 e. The molecular weight excluding hydrogens is 254 g/mol. The monoisotopic (exact) mass is 269 g/mol. The molecule has 104 valence electrons. The molecule has 19 heavy (non-hydrogen) atoms. The Bertz CT molecular complexity index is 478. The third-order valence-corrected chi connectivity index (χ3v) is 2.53. The number of amides is 1. The molecule has 0 spiro atoms. The molecular formula is C12H15NO6. The van der Waals surface area contributed by atoms with E-state index in [0.29, 0.717) is 6.42 Å². The fourth-order valence-corrected chi connectivity index (χ4v) is 1.36. The van der Waals surface area contributed by atoms with E-state index < -0.39 is 17.9 Å². The van der Waals surface area contributed by atoms with Crippen molar-refractivity contribution in [2.45, 2.75) is 19.8 Å². The van der Waals surface area contributed by atoms with Gasteiger partial charge in [-0.05, 0) is 18.6 Å². The van der Waals surface area contributed by atoms with Crippen molar-refractivity contribution in [3.63, 3.8) is 0 Å². The largest absolute Gasteiger partial charge is 0.481 e. The molecule has 1 amide bonds. The number of carbonyl (C=O) groups is 3. The van der Waals surface area contributed by atoms with Crippen LogP contribution < -0.4 is 5.32 Å². The van der Waals surface area contributed by atoms with Gasteiger partial charge in [-0.25, -0.2) is 4.79 Å². The van der Waals surface area contributed by atoms with Crippen molar-refractivity contribution < 1.29 is 29.0 Å². The zero-order valence-electron chi connectivity index (χ0n) is 10.4. The highest BCUT2D eigenvalue weighted by Crippen LogP contribution is 2.08. The standard InChI is InChI=1S/C12H15NO6/c1-7(11(15)16)4-5-13-10(14)6-8-2-3-9(19-8)12(17)18/h2-3,7H,4-6H2,1H3,(H,13,14)(H,15,16)(H,17,18)/t7-/m1/s1. The Morgan fingerprint density at radius 1 is 1.32 bits per heavy atom. The van der Waals surface area contributed by atoms with Gasteiger partial charge in [0, 0.05) is 6.54 Å². The van der Waals surface area contributed by atoms with E-state index in [9.17, 15) is 14.4 Å². The highest BCUT2D eigenvalue weighted by Gasteiger charge is 2.13. The van der Waals surface area contributed by atoms with E-state index in [1.165, 1.54) is 12.1 Å². The van der Waals surface area contributed by atoms with Gasteiger partial charge in [0.1, 0.15) is 5.76 Å². The number of carbonyl (C=O) groups excluding carboxylic acids is 1. The summed E-state index contributed by atoms with van der Waals surface area (Å²) in [5.41, 5.74) is 0. The van der Waals surface area contributed by atoms with E-state index in [4.69, 9.17) is 14.6 Å². The molecule has 0 aromatic carbocycles. The molecule has 0 aliphatic rings. The molecule has 0 fully saturated rings. The van der Waals surface area contributed by atoms with Crippen LogP contribution in [0.2, 0.25) is 0 Å². The number of aliphatic carboxylic acids is 1. The third-order valence-electron chi connectivity index (χ3n) is 2.53. The molecule has 0 saturated carbocycles. The maximum Gasteiger partial charge on any atom is 0.371 e. The van der Waals surface area contributed by atoms with Gasteiger partial charge in [-0.15, -0.1) is 0 Å². The maximum absolute atomic E-state index is 11.5. The number of hydrogen-bond donors (Lipinski definition) is 3. The lowest BCUT2D eigenvalue weighted by molar-refractivity contribution is -0.141. The second kappa shape index (κ2) is 6.58. The fraction of sp³-hybridized carbons (Fsp3) is 0.417. The van der Waals surface area contributed by atoms with E-state index in [2.05, 4.69) is 5.32 Å². The first kappa shape index (κ1) is 14.7. The summed E-state index contributed by atoms with van der Waals surface area (Å²) in [4.78, 5) is 32.6. The molecule has 0 radical (unpaired) electrons. The third kappa shape index (κ3) is 4.82. The van der Waals surface area contributed by atoms with Crippen LogP contribution in [0.4, 0.5) is 0 Å². The number of furan rings is 1. The van der Waals surface area contributed by atoms with Crippen LogP contribution in [0.25, 0.3) is 0 Å². The van der Waals surface area contributed by atoms with Crippen LogP contribution in [-0.4, -0.2) is 34.6 Å². The Hall–Kier alpha value is -2.31. The fourth-order valence-electron chi connectivity index (χ4n) is 1.36. The minimum atomic E-state index is -1.19. The SMILES string of the molecule is C[C@H](CCNC(=O)Cc1ccc(C(=O)O)o1)C(=O)O. The predicted octanol–water partition coefficient (Wildman–Crippen LogP) is 0.747.